The molecule has 10 heteroatoms. The van der Waals surface area contributed by atoms with E-state index in [1.165, 1.54) is 41.6 Å². The van der Waals surface area contributed by atoms with Crippen LogP contribution in [0.5, 0.6) is 5.75 Å². The van der Waals surface area contributed by atoms with Crippen LogP contribution in [0.15, 0.2) is 54.9 Å². The van der Waals surface area contributed by atoms with Crippen LogP contribution in [0, 0.1) is 0 Å². The van der Waals surface area contributed by atoms with Gasteiger partial charge in [0.25, 0.3) is 5.91 Å². The van der Waals surface area contributed by atoms with Gasteiger partial charge in [-0.05, 0) is 36.4 Å². The first kappa shape index (κ1) is 21.2. The Hall–Kier alpha value is -3.01. The number of hydrogen-bond donors (Lipinski definition) is 2. The van der Waals surface area contributed by atoms with Crippen molar-refractivity contribution in [1.29, 1.82) is 0 Å². The van der Waals surface area contributed by atoms with Gasteiger partial charge in [-0.25, -0.2) is 0 Å². The van der Waals surface area contributed by atoms with Crippen molar-refractivity contribution in [3.63, 3.8) is 0 Å². The molecule has 1 aliphatic rings. The quantitative estimate of drug-likeness (QED) is 0.587. The second-order valence-corrected chi connectivity index (χ2v) is 7.18. The van der Waals surface area contributed by atoms with Gasteiger partial charge in [0, 0.05) is 35.6 Å². The van der Waals surface area contributed by atoms with Crippen LogP contribution in [0.4, 0.5) is 20.2 Å². The number of ether oxygens (including phenoxy) is 2. The van der Waals surface area contributed by atoms with Crippen molar-refractivity contribution < 1.29 is 23.0 Å². The van der Waals surface area contributed by atoms with Gasteiger partial charge in [0.2, 0.25) is 0 Å². The minimum atomic E-state index is -2.93. The van der Waals surface area contributed by atoms with Crippen LogP contribution in [0.3, 0.4) is 0 Å². The molecule has 7 nitrogen and oxygen atoms in total. The van der Waals surface area contributed by atoms with E-state index in [-0.39, 0.29) is 17.8 Å². The fourth-order valence-electron chi connectivity index (χ4n) is 3.34. The van der Waals surface area contributed by atoms with E-state index in [4.69, 9.17) is 16.3 Å². The third-order valence-electron chi connectivity index (χ3n) is 4.79. The van der Waals surface area contributed by atoms with Crippen LogP contribution in [-0.4, -0.2) is 42.4 Å². The van der Waals surface area contributed by atoms with E-state index in [1.54, 1.807) is 12.1 Å². The van der Waals surface area contributed by atoms with Crippen LogP contribution in [0.25, 0.3) is 0 Å². The maximum Gasteiger partial charge on any atom is 0.387 e. The number of rotatable bonds is 6. The lowest BCUT2D eigenvalue weighted by Crippen LogP contribution is -2.33. The second kappa shape index (κ2) is 9.42. The number of benzene rings is 2. The summed E-state index contributed by atoms with van der Waals surface area (Å²) in [4.78, 5) is 14.6. The first-order chi connectivity index (χ1) is 15.0. The molecule has 4 rings (SSSR count). The summed E-state index contributed by atoms with van der Waals surface area (Å²) in [7, 11) is 0. The first-order valence-corrected chi connectivity index (χ1v) is 9.90. The molecule has 2 aromatic carbocycles. The number of carbonyl (C=O) groups excluding carboxylic acids is 1. The standard InChI is InChI=1S/C21H19ClF2N4O3/c22-18-9-15(3-6-17(18)19-12-25-7-8-30-19)28(20(29)13-10-26-27-11-13)14-1-4-16(5-2-14)31-21(23)24/h1-6,9-11,19,21,25H,7-8,12H2,(H,26,27)/t19-/m0/s1. The van der Waals surface area contributed by atoms with E-state index in [2.05, 4.69) is 20.3 Å². The summed E-state index contributed by atoms with van der Waals surface area (Å²) in [5.74, 6) is -0.375. The Morgan fingerprint density at radius 1 is 1.23 bits per heavy atom. The Kier molecular flexibility index (Phi) is 6.45. The largest absolute Gasteiger partial charge is 0.435 e. The van der Waals surface area contributed by atoms with Crippen LogP contribution < -0.4 is 15.0 Å². The van der Waals surface area contributed by atoms with Gasteiger partial charge in [-0.2, -0.15) is 13.9 Å². The lowest BCUT2D eigenvalue weighted by Gasteiger charge is -2.27. The smallest absolute Gasteiger partial charge is 0.387 e. The molecule has 1 aliphatic heterocycles. The highest BCUT2D eigenvalue weighted by Crippen LogP contribution is 2.35. The number of amides is 1. The minimum Gasteiger partial charge on any atom is -0.435 e. The number of aromatic nitrogens is 2. The van der Waals surface area contributed by atoms with E-state index in [1.807, 2.05) is 6.07 Å². The molecule has 1 saturated heterocycles. The molecule has 31 heavy (non-hydrogen) atoms. The second-order valence-electron chi connectivity index (χ2n) is 6.77. The summed E-state index contributed by atoms with van der Waals surface area (Å²) in [6, 6.07) is 11.0. The maximum atomic E-state index is 13.2. The lowest BCUT2D eigenvalue weighted by atomic mass is 10.1. The van der Waals surface area contributed by atoms with Crippen molar-refractivity contribution in [2.45, 2.75) is 12.7 Å². The summed E-state index contributed by atoms with van der Waals surface area (Å²) < 4.78 is 35.1. The van der Waals surface area contributed by atoms with Gasteiger partial charge >= 0.3 is 6.61 Å². The van der Waals surface area contributed by atoms with Gasteiger partial charge < -0.3 is 14.8 Å². The highest BCUT2D eigenvalue weighted by molar-refractivity contribution is 6.32. The number of morpholine rings is 1. The lowest BCUT2D eigenvalue weighted by molar-refractivity contribution is -0.0498. The molecule has 1 amide bonds. The van der Waals surface area contributed by atoms with E-state index >= 15 is 0 Å². The summed E-state index contributed by atoms with van der Waals surface area (Å²) in [5, 5.41) is 10.1. The summed E-state index contributed by atoms with van der Waals surface area (Å²) in [6.07, 6.45) is 2.70. The van der Waals surface area contributed by atoms with Gasteiger partial charge in [0.05, 0.1) is 30.2 Å². The van der Waals surface area contributed by atoms with E-state index in [0.29, 0.717) is 35.1 Å². The average Bonchev–Trinajstić information content (AvgIpc) is 3.30. The molecule has 0 spiro atoms. The highest BCUT2D eigenvalue weighted by Gasteiger charge is 2.24. The first-order valence-electron chi connectivity index (χ1n) is 9.53. The van der Waals surface area contributed by atoms with Gasteiger partial charge in [-0.3, -0.25) is 14.8 Å². The Morgan fingerprint density at radius 2 is 2.00 bits per heavy atom. The Morgan fingerprint density at radius 3 is 2.61 bits per heavy atom. The van der Waals surface area contributed by atoms with E-state index in [0.717, 1.165) is 12.1 Å². The van der Waals surface area contributed by atoms with Crippen LogP contribution in [0.2, 0.25) is 5.02 Å². The van der Waals surface area contributed by atoms with Crippen molar-refractivity contribution in [3.05, 3.63) is 71.0 Å². The molecule has 1 fully saturated rings. The summed E-state index contributed by atoms with van der Waals surface area (Å²) >= 11 is 6.54. The number of hydrogen-bond acceptors (Lipinski definition) is 5. The zero-order valence-electron chi connectivity index (χ0n) is 16.2. The third-order valence-corrected chi connectivity index (χ3v) is 5.11. The fourth-order valence-corrected chi connectivity index (χ4v) is 3.64. The summed E-state index contributed by atoms with van der Waals surface area (Å²) in [5.41, 5.74) is 2.10. The highest BCUT2D eigenvalue weighted by atomic mass is 35.5. The summed E-state index contributed by atoms with van der Waals surface area (Å²) in [6.45, 7) is -0.925. The van der Waals surface area contributed by atoms with Crippen LogP contribution >= 0.6 is 11.6 Å². The van der Waals surface area contributed by atoms with Crippen LogP contribution in [-0.2, 0) is 4.74 Å². The van der Waals surface area contributed by atoms with Crippen molar-refractivity contribution in [2.75, 3.05) is 24.6 Å². The number of anilines is 2. The molecule has 2 heterocycles. The molecule has 1 aromatic heterocycles. The van der Waals surface area contributed by atoms with E-state index < -0.39 is 6.61 Å². The fraction of sp³-hybridized carbons (Fsp3) is 0.238. The normalized spacial score (nSPS) is 16.3. The molecule has 0 saturated carbocycles. The molecule has 0 aliphatic carbocycles. The zero-order chi connectivity index (χ0) is 21.8. The van der Waals surface area contributed by atoms with Crippen molar-refractivity contribution in [1.82, 2.24) is 15.5 Å². The third kappa shape index (κ3) is 4.84. The monoisotopic (exact) mass is 448 g/mol. The van der Waals surface area contributed by atoms with Gasteiger partial charge in [0.15, 0.2) is 0 Å². The van der Waals surface area contributed by atoms with Gasteiger partial charge in [-0.15, -0.1) is 0 Å². The average molecular weight is 449 g/mol. The predicted octanol–water partition coefficient (Wildman–Crippen LogP) is 4.30. The number of carbonyl (C=O) groups is 1. The van der Waals surface area contributed by atoms with Crippen LogP contribution in [0.1, 0.15) is 22.0 Å². The number of nitrogens with zero attached hydrogens (tertiary/aromatic N) is 2. The number of halogens is 3. The molecule has 0 bridgehead atoms. The van der Waals surface area contributed by atoms with E-state index in [9.17, 15) is 13.6 Å². The predicted molar refractivity (Wildman–Crippen MR) is 111 cm³/mol. The molecule has 2 N–H and O–H groups in total. The Bertz CT molecular complexity index is 1030. The number of aromatic amines is 1. The molecule has 162 valence electrons. The van der Waals surface area contributed by atoms with Crippen molar-refractivity contribution >= 4 is 28.9 Å². The van der Waals surface area contributed by atoms with Crippen molar-refractivity contribution in [2.24, 2.45) is 0 Å². The SMILES string of the molecule is O=C(c1cn[nH]c1)N(c1ccc(OC(F)F)cc1)c1ccc([C@@H]2CNCCO2)c(Cl)c1. The Labute approximate surface area is 181 Å². The van der Waals surface area contributed by atoms with Gasteiger partial charge in [0.1, 0.15) is 5.75 Å². The zero-order valence-corrected chi connectivity index (χ0v) is 17.0. The van der Waals surface area contributed by atoms with Crippen molar-refractivity contribution in [3.8, 4) is 5.75 Å². The number of nitrogens with one attached hydrogen (secondary N) is 2. The minimum absolute atomic E-state index is 0.00946. The molecular formula is C21H19ClF2N4O3. The molecule has 0 unspecified atom stereocenters. The molecule has 0 radical (unpaired) electrons. The molecule has 1 atom stereocenters. The number of H-pyrrole nitrogens is 1. The molecule has 3 aromatic rings. The maximum absolute atomic E-state index is 13.2. The molecular weight excluding hydrogens is 430 g/mol. The topological polar surface area (TPSA) is 79.5 Å². The van der Waals surface area contributed by atoms with Gasteiger partial charge in [-0.1, -0.05) is 17.7 Å². The Balaban J connectivity index is 1.69. The number of alkyl halides is 2.